The smallest absolute Gasteiger partial charge is 0.238 e. The van der Waals surface area contributed by atoms with Crippen LogP contribution in [0.15, 0.2) is 23.1 Å². The van der Waals surface area contributed by atoms with Crippen LogP contribution in [-0.4, -0.2) is 19.9 Å². The Balaban J connectivity index is 2.82. The van der Waals surface area contributed by atoms with Gasteiger partial charge in [0.2, 0.25) is 15.9 Å². The minimum Gasteiger partial charge on any atom is -0.326 e. The van der Waals surface area contributed by atoms with E-state index in [1.54, 1.807) is 19.1 Å². The van der Waals surface area contributed by atoms with Crippen LogP contribution in [0.5, 0.6) is 0 Å². The monoisotopic (exact) mass is 299 g/mol. The number of nitrogens with one attached hydrogen (secondary N) is 1. The fourth-order valence-electron chi connectivity index (χ4n) is 1.64. The van der Waals surface area contributed by atoms with E-state index in [1.165, 1.54) is 6.07 Å². The van der Waals surface area contributed by atoms with E-state index >= 15 is 0 Å². The molecule has 0 aliphatic carbocycles. The first kappa shape index (κ1) is 16.6. The lowest BCUT2D eigenvalue weighted by Gasteiger charge is -2.17. The molecule has 20 heavy (non-hydrogen) atoms. The van der Waals surface area contributed by atoms with Crippen molar-refractivity contribution in [3.05, 3.63) is 23.8 Å². The molecule has 0 saturated carbocycles. The predicted octanol–water partition coefficient (Wildman–Crippen LogP) is 1.10. The van der Waals surface area contributed by atoms with Crippen molar-refractivity contribution < 1.29 is 13.2 Å². The summed E-state index contributed by atoms with van der Waals surface area (Å²) in [4.78, 5) is 11.8. The van der Waals surface area contributed by atoms with Crippen LogP contribution in [0.4, 0.5) is 5.69 Å². The van der Waals surface area contributed by atoms with Gasteiger partial charge in [0.25, 0.3) is 0 Å². The molecule has 1 rings (SSSR count). The van der Waals surface area contributed by atoms with Gasteiger partial charge in [0.1, 0.15) is 0 Å². The maximum atomic E-state index is 11.8. The summed E-state index contributed by atoms with van der Waals surface area (Å²) in [7, 11) is -3.80. The SMILES string of the molecule is Cc1ccc(NC(=O)CCC(C)(C)N)cc1S(N)(=O)=O. The van der Waals surface area contributed by atoms with Crippen molar-refractivity contribution >= 4 is 21.6 Å². The van der Waals surface area contributed by atoms with Crippen LogP contribution in [0.1, 0.15) is 32.3 Å². The van der Waals surface area contributed by atoms with Crippen molar-refractivity contribution in [3.8, 4) is 0 Å². The van der Waals surface area contributed by atoms with E-state index in [4.69, 9.17) is 10.9 Å². The summed E-state index contributed by atoms with van der Waals surface area (Å²) in [5.74, 6) is -0.215. The number of hydrogen-bond donors (Lipinski definition) is 3. The summed E-state index contributed by atoms with van der Waals surface area (Å²) < 4.78 is 22.8. The topological polar surface area (TPSA) is 115 Å². The Kier molecular flexibility index (Phi) is 4.90. The van der Waals surface area contributed by atoms with Gasteiger partial charge in [0.15, 0.2) is 0 Å². The van der Waals surface area contributed by atoms with Gasteiger partial charge in [-0.15, -0.1) is 0 Å². The highest BCUT2D eigenvalue weighted by Gasteiger charge is 2.15. The second-order valence-corrected chi connectivity index (χ2v) is 7.09. The van der Waals surface area contributed by atoms with Gasteiger partial charge in [-0.2, -0.15) is 0 Å². The number of benzene rings is 1. The first-order valence-electron chi connectivity index (χ1n) is 6.21. The second kappa shape index (κ2) is 5.90. The molecule has 0 spiro atoms. The molecule has 0 atom stereocenters. The van der Waals surface area contributed by atoms with Crippen LogP contribution in [-0.2, 0) is 14.8 Å². The van der Waals surface area contributed by atoms with Gasteiger partial charge < -0.3 is 11.1 Å². The summed E-state index contributed by atoms with van der Waals surface area (Å²) >= 11 is 0. The molecule has 6 nitrogen and oxygen atoms in total. The number of carbonyl (C=O) groups excluding carboxylic acids is 1. The molecule has 1 aromatic carbocycles. The molecule has 112 valence electrons. The van der Waals surface area contributed by atoms with Gasteiger partial charge in [0.05, 0.1) is 4.90 Å². The van der Waals surface area contributed by atoms with Crippen molar-refractivity contribution in [3.63, 3.8) is 0 Å². The Hall–Kier alpha value is -1.44. The van der Waals surface area contributed by atoms with Gasteiger partial charge in [-0.05, 0) is 44.9 Å². The first-order chi connectivity index (χ1) is 8.99. The third kappa shape index (κ3) is 5.28. The highest BCUT2D eigenvalue weighted by Crippen LogP contribution is 2.19. The maximum Gasteiger partial charge on any atom is 0.238 e. The summed E-state index contributed by atoms with van der Waals surface area (Å²) in [6.07, 6.45) is 0.800. The first-order valence-corrected chi connectivity index (χ1v) is 7.76. The normalized spacial score (nSPS) is 12.2. The van der Waals surface area contributed by atoms with Crippen molar-refractivity contribution in [1.82, 2.24) is 0 Å². The highest BCUT2D eigenvalue weighted by atomic mass is 32.2. The number of anilines is 1. The largest absolute Gasteiger partial charge is 0.326 e. The number of hydrogen-bond acceptors (Lipinski definition) is 4. The van der Waals surface area contributed by atoms with E-state index < -0.39 is 15.6 Å². The summed E-state index contributed by atoms with van der Waals surface area (Å²) in [6.45, 7) is 5.32. The summed E-state index contributed by atoms with van der Waals surface area (Å²) in [6, 6.07) is 4.59. The molecule has 1 aromatic rings. The Morgan fingerprint density at radius 2 is 1.95 bits per heavy atom. The fraction of sp³-hybridized carbons (Fsp3) is 0.462. The fourth-order valence-corrected chi connectivity index (χ4v) is 2.45. The van der Waals surface area contributed by atoms with Gasteiger partial charge in [-0.3, -0.25) is 4.79 Å². The summed E-state index contributed by atoms with van der Waals surface area (Å²) in [5.41, 5.74) is 6.32. The van der Waals surface area contributed by atoms with Crippen molar-refractivity contribution in [2.75, 3.05) is 5.32 Å². The van der Waals surface area contributed by atoms with Crippen molar-refractivity contribution in [2.24, 2.45) is 10.9 Å². The average Bonchev–Trinajstić information content (AvgIpc) is 2.27. The second-order valence-electron chi connectivity index (χ2n) is 5.56. The van der Waals surface area contributed by atoms with Crippen molar-refractivity contribution in [2.45, 2.75) is 44.0 Å². The number of aryl methyl sites for hydroxylation is 1. The minimum absolute atomic E-state index is 0.00875. The number of nitrogens with two attached hydrogens (primary N) is 2. The van der Waals surface area contributed by atoms with Gasteiger partial charge in [0, 0.05) is 17.6 Å². The van der Waals surface area contributed by atoms with E-state index in [1.807, 2.05) is 13.8 Å². The van der Waals surface area contributed by atoms with E-state index in [-0.39, 0.29) is 17.2 Å². The van der Waals surface area contributed by atoms with Gasteiger partial charge in [-0.25, -0.2) is 13.6 Å². The molecule has 1 amide bonds. The Bertz CT molecular complexity index is 604. The van der Waals surface area contributed by atoms with Gasteiger partial charge in [-0.1, -0.05) is 6.07 Å². The van der Waals surface area contributed by atoms with E-state index in [0.717, 1.165) is 0 Å². The highest BCUT2D eigenvalue weighted by molar-refractivity contribution is 7.89. The van der Waals surface area contributed by atoms with Crippen LogP contribution in [0.2, 0.25) is 0 Å². The third-order valence-corrected chi connectivity index (χ3v) is 3.83. The van der Waals surface area contributed by atoms with Crippen molar-refractivity contribution in [1.29, 1.82) is 0 Å². The maximum absolute atomic E-state index is 11.8. The average molecular weight is 299 g/mol. The molecule has 7 heteroatoms. The van der Waals surface area contributed by atoms with Crippen LogP contribution < -0.4 is 16.2 Å². The molecule has 0 aliphatic rings. The molecular weight excluding hydrogens is 278 g/mol. The molecule has 0 aromatic heterocycles. The molecule has 0 saturated heterocycles. The standard InChI is InChI=1S/C13H21N3O3S/c1-9-4-5-10(8-11(9)20(15,18)19)16-12(17)6-7-13(2,3)14/h4-5,8H,6-7,14H2,1-3H3,(H,16,17)(H2,15,18,19). The lowest BCUT2D eigenvalue weighted by Crippen LogP contribution is -2.33. The number of amides is 1. The van der Waals surface area contributed by atoms with E-state index in [9.17, 15) is 13.2 Å². The third-order valence-electron chi connectivity index (χ3n) is 2.77. The number of sulfonamides is 1. The number of primary sulfonamides is 1. The molecule has 0 aliphatic heterocycles. The predicted molar refractivity (Wildman–Crippen MR) is 78.7 cm³/mol. The van der Waals surface area contributed by atoms with Gasteiger partial charge >= 0.3 is 0 Å². The number of carbonyl (C=O) groups is 1. The van der Waals surface area contributed by atoms with Crippen LogP contribution in [0, 0.1) is 6.92 Å². The number of rotatable bonds is 5. The summed E-state index contributed by atoms with van der Waals surface area (Å²) in [5, 5.41) is 7.76. The molecule has 5 N–H and O–H groups in total. The van der Waals surface area contributed by atoms with Crippen LogP contribution in [0.25, 0.3) is 0 Å². The zero-order valence-corrected chi connectivity index (χ0v) is 12.8. The Morgan fingerprint density at radius 3 is 2.45 bits per heavy atom. The molecule has 0 radical (unpaired) electrons. The quantitative estimate of drug-likeness (QED) is 0.755. The zero-order chi connectivity index (χ0) is 15.6. The van der Waals surface area contributed by atoms with E-state index in [0.29, 0.717) is 17.7 Å². The molecule has 0 heterocycles. The Labute approximate surface area is 119 Å². The lowest BCUT2D eigenvalue weighted by atomic mass is 10.00. The van der Waals surface area contributed by atoms with E-state index in [2.05, 4.69) is 5.32 Å². The van der Waals surface area contributed by atoms with Crippen LogP contribution in [0.3, 0.4) is 0 Å². The molecular formula is C13H21N3O3S. The van der Waals surface area contributed by atoms with Crippen LogP contribution >= 0.6 is 0 Å². The molecule has 0 fully saturated rings. The molecule has 0 unspecified atom stereocenters. The lowest BCUT2D eigenvalue weighted by molar-refractivity contribution is -0.116. The zero-order valence-electron chi connectivity index (χ0n) is 11.9. The Morgan fingerprint density at radius 1 is 1.35 bits per heavy atom. The minimum atomic E-state index is -3.80. The molecule has 0 bridgehead atoms.